The van der Waals surface area contributed by atoms with Crippen LogP contribution in [0.25, 0.3) is 15.3 Å². The van der Waals surface area contributed by atoms with Crippen LogP contribution in [0.3, 0.4) is 0 Å². The first kappa shape index (κ1) is 17.0. The van der Waals surface area contributed by atoms with Gasteiger partial charge in [0.1, 0.15) is 15.8 Å². The van der Waals surface area contributed by atoms with Gasteiger partial charge < -0.3 is 4.74 Å². The minimum Gasteiger partial charge on any atom is -0.497 e. The quantitative estimate of drug-likeness (QED) is 0.547. The number of thiophene rings is 1. The standard InChI is InChI=1S/C16H14N4O3S3/c1-10-8-14(19-26(21,22)15-4-3-7-24-15)20(18-10)16-17-12-6-5-11(23-2)9-13(12)25-16/h3-9,19H,1-2H3. The largest absolute Gasteiger partial charge is 0.497 e. The Morgan fingerprint density at radius 3 is 2.81 bits per heavy atom. The van der Waals surface area contributed by atoms with Crippen molar-refractivity contribution in [2.45, 2.75) is 11.1 Å². The van der Waals surface area contributed by atoms with E-state index < -0.39 is 10.0 Å². The predicted molar refractivity (Wildman–Crippen MR) is 103 cm³/mol. The van der Waals surface area contributed by atoms with Crippen molar-refractivity contribution in [3.8, 4) is 10.9 Å². The summed E-state index contributed by atoms with van der Waals surface area (Å²) < 4.78 is 35.6. The van der Waals surface area contributed by atoms with Gasteiger partial charge in [0.2, 0.25) is 5.13 Å². The summed E-state index contributed by atoms with van der Waals surface area (Å²) in [6.45, 7) is 1.80. The van der Waals surface area contributed by atoms with Crippen LogP contribution in [0.5, 0.6) is 5.75 Å². The van der Waals surface area contributed by atoms with Gasteiger partial charge in [-0.3, -0.25) is 4.72 Å². The molecule has 0 aliphatic heterocycles. The lowest BCUT2D eigenvalue weighted by Crippen LogP contribution is -2.14. The molecular weight excluding hydrogens is 392 g/mol. The topological polar surface area (TPSA) is 86.1 Å². The van der Waals surface area contributed by atoms with Gasteiger partial charge in [-0.25, -0.2) is 13.4 Å². The van der Waals surface area contributed by atoms with Gasteiger partial charge in [0.05, 0.1) is 23.0 Å². The SMILES string of the molecule is COc1ccc2nc(-n3nc(C)cc3NS(=O)(=O)c3cccs3)sc2c1. The van der Waals surface area contributed by atoms with Crippen molar-refractivity contribution in [2.24, 2.45) is 0 Å². The number of fused-ring (bicyclic) bond motifs is 1. The van der Waals surface area contributed by atoms with E-state index in [2.05, 4.69) is 14.8 Å². The number of nitrogens with zero attached hydrogens (tertiary/aromatic N) is 3. The van der Waals surface area contributed by atoms with Gasteiger partial charge in [-0.2, -0.15) is 9.78 Å². The normalized spacial score (nSPS) is 11.8. The molecule has 134 valence electrons. The van der Waals surface area contributed by atoms with Crippen molar-refractivity contribution in [3.05, 3.63) is 47.5 Å². The van der Waals surface area contributed by atoms with E-state index in [4.69, 9.17) is 4.74 Å². The maximum Gasteiger partial charge on any atom is 0.272 e. The van der Waals surface area contributed by atoms with Crippen LogP contribution in [-0.2, 0) is 10.0 Å². The van der Waals surface area contributed by atoms with Crippen LogP contribution < -0.4 is 9.46 Å². The Morgan fingerprint density at radius 1 is 1.23 bits per heavy atom. The van der Waals surface area contributed by atoms with Crippen molar-refractivity contribution < 1.29 is 13.2 Å². The molecule has 3 aromatic heterocycles. The molecule has 0 bridgehead atoms. The zero-order valence-electron chi connectivity index (χ0n) is 13.8. The van der Waals surface area contributed by atoms with Crippen molar-refractivity contribution in [2.75, 3.05) is 11.8 Å². The molecule has 26 heavy (non-hydrogen) atoms. The molecule has 1 N–H and O–H groups in total. The van der Waals surface area contributed by atoms with Crippen molar-refractivity contribution in [1.82, 2.24) is 14.8 Å². The van der Waals surface area contributed by atoms with E-state index in [-0.39, 0.29) is 4.21 Å². The van der Waals surface area contributed by atoms with Crippen LogP contribution in [0.4, 0.5) is 5.82 Å². The predicted octanol–water partition coefficient (Wildman–Crippen LogP) is 3.66. The van der Waals surface area contributed by atoms with Crippen LogP contribution in [-0.4, -0.2) is 30.3 Å². The molecular formula is C16H14N4O3S3. The van der Waals surface area contributed by atoms with Gasteiger partial charge >= 0.3 is 0 Å². The number of aryl methyl sites for hydroxylation is 1. The summed E-state index contributed by atoms with van der Waals surface area (Å²) in [5, 5.41) is 6.69. The summed E-state index contributed by atoms with van der Waals surface area (Å²) in [5.41, 5.74) is 1.48. The maximum atomic E-state index is 12.5. The molecule has 0 radical (unpaired) electrons. The summed E-state index contributed by atoms with van der Waals surface area (Å²) in [6.07, 6.45) is 0. The lowest BCUT2D eigenvalue weighted by atomic mass is 10.3. The maximum absolute atomic E-state index is 12.5. The van der Waals surface area contributed by atoms with Crippen LogP contribution in [0, 0.1) is 6.92 Å². The third kappa shape index (κ3) is 3.06. The first-order valence-corrected chi connectivity index (χ1v) is 10.7. The minimum absolute atomic E-state index is 0.247. The van der Waals surface area contributed by atoms with Crippen LogP contribution >= 0.6 is 22.7 Å². The highest BCUT2D eigenvalue weighted by atomic mass is 32.2. The van der Waals surface area contributed by atoms with Crippen LogP contribution in [0.15, 0.2) is 46.0 Å². The fraction of sp³-hybridized carbons (Fsp3) is 0.125. The molecule has 0 aliphatic carbocycles. The first-order valence-electron chi connectivity index (χ1n) is 7.54. The number of benzene rings is 1. The number of hydrogen-bond acceptors (Lipinski definition) is 7. The highest BCUT2D eigenvalue weighted by Crippen LogP contribution is 2.30. The molecule has 0 unspecified atom stereocenters. The fourth-order valence-corrected chi connectivity index (χ4v) is 5.42. The van der Waals surface area contributed by atoms with E-state index in [9.17, 15) is 8.42 Å². The summed E-state index contributed by atoms with van der Waals surface area (Å²) in [5.74, 6) is 1.09. The molecule has 0 amide bonds. The molecule has 7 nitrogen and oxygen atoms in total. The molecule has 0 saturated carbocycles. The number of ether oxygens (including phenoxy) is 1. The van der Waals surface area contributed by atoms with Crippen LogP contribution in [0.1, 0.15) is 5.69 Å². The second-order valence-corrected chi connectivity index (χ2v) is 9.32. The highest BCUT2D eigenvalue weighted by Gasteiger charge is 2.20. The lowest BCUT2D eigenvalue weighted by Gasteiger charge is -2.07. The monoisotopic (exact) mass is 406 g/mol. The molecule has 0 fully saturated rings. The van der Waals surface area contributed by atoms with Gasteiger partial charge in [0.25, 0.3) is 10.0 Å². The summed E-state index contributed by atoms with van der Waals surface area (Å²) in [6, 6.07) is 10.5. The van der Waals surface area contributed by atoms with Crippen molar-refractivity contribution in [3.63, 3.8) is 0 Å². The molecule has 4 aromatic rings. The molecule has 0 spiro atoms. The number of nitrogens with one attached hydrogen (secondary N) is 1. The van der Waals surface area contributed by atoms with Crippen LogP contribution in [0.2, 0.25) is 0 Å². The molecule has 0 atom stereocenters. The van der Waals surface area contributed by atoms with Crippen molar-refractivity contribution in [1.29, 1.82) is 0 Å². The molecule has 10 heteroatoms. The van der Waals surface area contributed by atoms with E-state index in [1.54, 1.807) is 37.6 Å². The van der Waals surface area contributed by atoms with Gasteiger partial charge in [-0.15, -0.1) is 11.3 Å². The Labute approximate surface area is 157 Å². The third-order valence-electron chi connectivity index (χ3n) is 3.60. The molecule has 1 aromatic carbocycles. The zero-order valence-corrected chi connectivity index (χ0v) is 16.3. The molecule has 3 heterocycles. The second kappa shape index (κ2) is 6.38. The van der Waals surface area contributed by atoms with Crippen molar-refractivity contribution >= 4 is 48.7 Å². The summed E-state index contributed by atoms with van der Waals surface area (Å²) >= 11 is 2.57. The first-order chi connectivity index (χ1) is 12.5. The Hall–Kier alpha value is -2.43. The Bertz CT molecular complexity index is 1180. The van der Waals surface area contributed by atoms with E-state index in [0.717, 1.165) is 27.3 Å². The molecule has 0 saturated heterocycles. The average Bonchev–Trinajstić information content (AvgIpc) is 3.33. The van der Waals surface area contributed by atoms with E-state index >= 15 is 0 Å². The number of aromatic nitrogens is 3. The lowest BCUT2D eigenvalue weighted by molar-refractivity contribution is 0.415. The smallest absolute Gasteiger partial charge is 0.272 e. The van der Waals surface area contributed by atoms with Gasteiger partial charge in [-0.05, 0) is 36.6 Å². The number of methoxy groups -OCH3 is 1. The fourth-order valence-electron chi connectivity index (χ4n) is 2.43. The number of anilines is 1. The Kier molecular flexibility index (Phi) is 4.17. The van der Waals surface area contributed by atoms with E-state index in [0.29, 0.717) is 16.6 Å². The zero-order chi connectivity index (χ0) is 18.3. The van der Waals surface area contributed by atoms with Gasteiger partial charge in [-0.1, -0.05) is 17.4 Å². The Balaban J connectivity index is 1.76. The number of sulfonamides is 1. The Morgan fingerprint density at radius 2 is 2.08 bits per heavy atom. The average molecular weight is 407 g/mol. The number of hydrogen-bond donors (Lipinski definition) is 1. The van der Waals surface area contributed by atoms with Gasteiger partial charge in [0.15, 0.2) is 0 Å². The molecule has 4 rings (SSSR count). The summed E-state index contributed by atoms with van der Waals surface area (Å²) in [4.78, 5) is 4.56. The number of thiazole rings is 1. The minimum atomic E-state index is -3.66. The third-order valence-corrected chi connectivity index (χ3v) is 7.34. The highest BCUT2D eigenvalue weighted by molar-refractivity contribution is 7.94. The molecule has 0 aliphatic rings. The number of rotatable bonds is 5. The van der Waals surface area contributed by atoms with Gasteiger partial charge in [0, 0.05) is 6.07 Å². The second-order valence-electron chi connectivity index (χ2n) is 5.45. The summed E-state index contributed by atoms with van der Waals surface area (Å²) in [7, 11) is -2.05. The van der Waals surface area contributed by atoms with E-state index in [1.165, 1.54) is 16.0 Å². The van der Waals surface area contributed by atoms with E-state index in [1.807, 2.05) is 18.2 Å².